The van der Waals surface area contributed by atoms with E-state index in [1.807, 2.05) is 13.8 Å². The molecule has 1 fully saturated rings. The molecule has 4 heteroatoms. The summed E-state index contributed by atoms with van der Waals surface area (Å²) in [4.78, 5) is 25.9. The smallest absolute Gasteiger partial charge is 0.148 e. The lowest BCUT2D eigenvalue weighted by Gasteiger charge is -2.30. The first-order chi connectivity index (χ1) is 12.3. The van der Waals surface area contributed by atoms with Crippen LogP contribution in [0.25, 0.3) is 0 Å². The fourth-order valence-electron chi connectivity index (χ4n) is 4.32. The Labute approximate surface area is 160 Å². The standard InChI is InChI=1S/C22H32O3S/c1-6-17-9-14(4)10-18(7-2)21(17)22-19(23)12-16(13-20(22)24)11-15(5)26(25)8-3/h9-10,15-16,22H,6-8,11-13H2,1-5H3. The molecule has 1 aliphatic carbocycles. The molecular weight excluding hydrogens is 344 g/mol. The molecule has 2 rings (SSSR count). The van der Waals surface area contributed by atoms with Gasteiger partial charge in [0.1, 0.15) is 17.5 Å². The predicted molar refractivity (Wildman–Crippen MR) is 108 cm³/mol. The Morgan fingerprint density at radius 1 is 1.04 bits per heavy atom. The summed E-state index contributed by atoms with van der Waals surface area (Å²) < 4.78 is 12.0. The van der Waals surface area contributed by atoms with Crippen molar-refractivity contribution >= 4 is 22.4 Å². The molecule has 0 heterocycles. The zero-order chi connectivity index (χ0) is 19.4. The van der Waals surface area contributed by atoms with Crippen LogP contribution in [0.1, 0.15) is 75.1 Å². The molecule has 3 nitrogen and oxygen atoms in total. The number of benzene rings is 1. The normalized spacial score (nSPS) is 23.1. The number of carbonyl (C=O) groups is 2. The Bertz CT molecular complexity index is 664. The number of hydrogen-bond donors (Lipinski definition) is 0. The number of aryl methyl sites for hydroxylation is 3. The van der Waals surface area contributed by atoms with Crippen molar-refractivity contribution in [1.29, 1.82) is 0 Å². The van der Waals surface area contributed by atoms with E-state index in [2.05, 4.69) is 32.9 Å². The van der Waals surface area contributed by atoms with Crippen LogP contribution in [0.15, 0.2) is 12.1 Å². The molecule has 0 N–H and O–H groups in total. The van der Waals surface area contributed by atoms with Crippen molar-refractivity contribution in [2.24, 2.45) is 5.92 Å². The summed E-state index contributed by atoms with van der Waals surface area (Å²) in [5.74, 6) is 0.172. The number of ketones is 2. The van der Waals surface area contributed by atoms with E-state index in [1.54, 1.807) is 0 Å². The molecule has 1 aliphatic rings. The zero-order valence-corrected chi connectivity index (χ0v) is 17.6. The third kappa shape index (κ3) is 4.51. The molecule has 1 aromatic rings. The van der Waals surface area contributed by atoms with Crippen molar-refractivity contribution in [3.63, 3.8) is 0 Å². The van der Waals surface area contributed by atoms with Crippen LogP contribution in [0.4, 0.5) is 0 Å². The highest BCUT2D eigenvalue weighted by atomic mass is 32.2. The van der Waals surface area contributed by atoms with Crippen molar-refractivity contribution in [3.05, 3.63) is 34.4 Å². The van der Waals surface area contributed by atoms with Crippen molar-refractivity contribution in [1.82, 2.24) is 0 Å². The van der Waals surface area contributed by atoms with Crippen molar-refractivity contribution in [3.8, 4) is 0 Å². The molecule has 0 saturated heterocycles. The topological polar surface area (TPSA) is 51.2 Å². The van der Waals surface area contributed by atoms with Gasteiger partial charge in [0, 0.05) is 34.6 Å². The van der Waals surface area contributed by atoms with E-state index >= 15 is 0 Å². The van der Waals surface area contributed by atoms with Gasteiger partial charge in [0.05, 0.1) is 0 Å². The molecule has 0 radical (unpaired) electrons. The van der Waals surface area contributed by atoms with Gasteiger partial charge >= 0.3 is 0 Å². The molecule has 144 valence electrons. The van der Waals surface area contributed by atoms with E-state index in [0.29, 0.717) is 25.0 Å². The van der Waals surface area contributed by atoms with Crippen LogP contribution in [0, 0.1) is 12.8 Å². The largest absolute Gasteiger partial charge is 0.299 e. The molecule has 26 heavy (non-hydrogen) atoms. The van der Waals surface area contributed by atoms with E-state index in [-0.39, 0.29) is 22.7 Å². The van der Waals surface area contributed by atoms with Crippen LogP contribution in [0.5, 0.6) is 0 Å². The van der Waals surface area contributed by atoms with Gasteiger partial charge < -0.3 is 0 Å². The highest BCUT2D eigenvalue weighted by molar-refractivity contribution is 7.85. The van der Waals surface area contributed by atoms with Gasteiger partial charge in [-0.3, -0.25) is 13.8 Å². The molecule has 2 unspecified atom stereocenters. The van der Waals surface area contributed by atoms with Crippen LogP contribution in [-0.2, 0) is 33.2 Å². The molecule has 1 aromatic carbocycles. The first-order valence-corrected chi connectivity index (χ1v) is 11.2. The Kier molecular flexibility index (Phi) is 7.33. The summed E-state index contributed by atoms with van der Waals surface area (Å²) in [6.45, 7) is 10.1. The van der Waals surface area contributed by atoms with Gasteiger partial charge in [0.25, 0.3) is 0 Å². The number of hydrogen-bond acceptors (Lipinski definition) is 3. The van der Waals surface area contributed by atoms with Crippen LogP contribution >= 0.6 is 0 Å². The summed E-state index contributed by atoms with van der Waals surface area (Å²) in [6.07, 6.45) is 3.22. The van der Waals surface area contributed by atoms with Gasteiger partial charge in [-0.25, -0.2) is 0 Å². The third-order valence-electron chi connectivity index (χ3n) is 5.57. The van der Waals surface area contributed by atoms with Crippen molar-refractivity contribution in [2.45, 2.75) is 77.9 Å². The van der Waals surface area contributed by atoms with Gasteiger partial charge in [0.2, 0.25) is 0 Å². The van der Waals surface area contributed by atoms with Gasteiger partial charge in [-0.2, -0.15) is 0 Å². The van der Waals surface area contributed by atoms with Gasteiger partial charge in [-0.05, 0) is 48.8 Å². The van der Waals surface area contributed by atoms with E-state index in [0.717, 1.165) is 29.5 Å². The highest BCUT2D eigenvalue weighted by Gasteiger charge is 2.39. The first-order valence-electron chi connectivity index (χ1n) is 9.87. The Morgan fingerprint density at radius 3 is 1.96 bits per heavy atom. The average Bonchev–Trinajstić information content (AvgIpc) is 2.60. The number of carbonyl (C=O) groups excluding carboxylic acids is 2. The van der Waals surface area contributed by atoms with Crippen LogP contribution in [0.3, 0.4) is 0 Å². The second-order valence-electron chi connectivity index (χ2n) is 7.56. The summed E-state index contributed by atoms with van der Waals surface area (Å²) in [6, 6.07) is 4.24. The molecular formula is C22H32O3S. The van der Waals surface area contributed by atoms with Crippen LogP contribution in [0.2, 0.25) is 0 Å². The molecule has 0 aromatic heterocycles. The van der Waals surface area contributed by atoms with Crippen LogP contribution < -0.4 is 0 Å². The molecule has 0 amide bonds. The minimum Gasteiger partial charge on any atom is -0.299 e. The van der Waals surface area contributed by atoms with Gasteiger partial charge in [-0.15, -0.1) is 0 Å². The zero-order valence-electron chi connectivity index (χ0n) is 16.8. The van der Waals surface area contributed by atoms with E-state index in [4.69, 9.17) is 0 Å². The fraction of sp³-hybridized carbons (Fsp3) is 0.636. The van der Waals surface area contributed by atoms with E-state index in [1.165, 1.54) is 5.56 Å². The lowest BCUT2D eigenvalue weighted by Crippen LogP contribution is -2.34. The Hall–Kier alpha value is -1.29. The minimum absolute atomic E-state index is 0.0392. The maximum Gasteiger partial charge on any atom is 0.148 e. The second kappa shape index (κ2) is 9.07. The quantitative estimate of drug-likeness (QED) is 0.667. The number of rotatable bonds is 7. The lowest BCUT2D eigenvalue weighted by molar-refractivity contribution is -0.133. The molecule has 1 saturated carbocycles. The predicted octanol–water partition coefficient (Wildman–Crippen LogP) is 4.30. The van der Waals surface area contributed by atoms with Gasteiger partial charge in [-0.1, -0.05) is 45.4 Å². The Balaban J connectivity index is 2.28. The molecule has 0 spiro atoms. The van der Waals surface area contributed by atoms with Crippen LogP contribution in [-0.4, -0.2) is 26.8 Å². The van der Waals surface area contributed by atoms with Gasteiger partial charge in [0.15, 0.2) is 0 Å². The maximum atomic E-state index is 13.0. The Morgan fingerprint density at radius 2 is 1.54 bits per heavy atom. The fourth-order valence-corrected chi connectivity index (χ4v) is 5.37. The summed E-state index contributed by atoms with van der Waals surface area (Å²) >= 11 is 0. The molecule has 0 aliphatic heterocycles. The first kappa shape index (κ1) is 21.0. The minimum atomic E-state index is -0.876. The van der Waals surface area contributed by atoms with Crippen molar-refractivity contribution < 1.29 is 13.8 Å². The second-order valence-corrected chi connectivity index (χ2v) is 9.70. The van der Waals surface area contributed by atoms with E-state index < -0.39 is 16.7 Å². The number of Topliss-reactive ketones (excluding diaryl/α,β-unsaturated/α-hetero) is 2. The monoisotopic (exact) mass is 376 g/mol. The molecule has 2 atom stereocenters. The summed E-state index contributed by atoms with van der Waals surface area (Å²) in [5.41, 5.74) is 4.42. The lowest BCUT2D eigenvalue weighted by atomic mass is 9.72. The van der Waals surface area contributed by atoms with Crippen molar-refractivity contribution in [2.75, 3.05) is 5.75 Å². The SMILES string of the molecule is CCc1cc(C)cc(CC)c1C1C(=O)CC(CC(C)S(=O)CC)CC1=O. The molecule has 0 bridgehead atoms. The summed E-state index contributed by atoms with van der Waals surface area (Å²) in [7, 11) is -0.876. The van der Waals surface area contributed by atoms with E-state index in [9.17, 15) is 13.8 Å². The average molecular weight is 377 g/mol. The maximum absolute atomic E-state index is 13.0. The summed E-state index contributed by atoms with van der Waals surface area (Å²) in [5, 5.41) is 0.0407. The third-order valence-corrected chi connectivity index (χ3v) is 7.23. The highest BCUT2D eigenvalue weighted by Crippen LogP contribution is 2.37.